The van der Waals surface area contributed by atoms with Gasteiger partial charge in [0.05, 0.1) is 6.04 Å². The average molecular weight is 315 g/mol. The Balaban J connectivity index is 1.91. The lowest BCUT2D eigenvalue weighted by molar-refractivity contribution is -0.141. The Hall–Kier alpha value is -2.38. The van der Waals surface area contributed by atoms with E-state index in [-0.39, 0.29) is 24.4 Å². The number of benzene rings is 1. The topological polar surface area (TPSA) is 47.0 Å². The second-order valence-corrected chi connectivity index (χ2v) is 4.57. The Morgan fingerprint density at radius 3 is 2.50 bits per heavy atom. The molecule has 0 bridgehead atoms. The third-order valence-corrected chi connectivity index (χ3v) is 2.64. The van der Waals surface area contributed by atoms with Crippen LogP contribution >= 0.6 is 0 Å². The Bertz CT molecular complexity index is 616. The van der Waals surface area contributed by atoms with E-state index in [1.54, 1.807) is 6.92 Å². The molecule has 0 saturated carbocycles. The van der Waals surface area contributed by atoms with Gasteiger partial charge in [-0.1, -0.05) is 0 Å². The van der Waals surface area contributed by atoms with Crippen molar-refractivity contribution in [3.8, 4) is 5.75 Å². The van der Waals surface area contributed by atoms with Gasteiger partial charge >= 0.3 is 6.18 Å². The molecule has 1 N–H and O–H groups in total. The van der Waals surface area contributed by atoms with Crippen molar-refractivity contribution in [2.24, 2.45) is 0 Å². The van der Waals surface area contributed by atoms with E-state index in [9.17, 15) is 17.6 Å². The van der Waals surface area contributed by atoms with E-state index in [0.29, 0.717) is 5.75 Å². The van der Waals surface area contributed by atoms with E-state index in [4.69, 9.17) is 4.74 Å². The van der Waals surface area contributed by atoms with Crippen LogP contribution in [0.2, 0.25) is 0 Å². The molecule has 2 rings (SSSR count). The number of hydrogen-bond donors (Lipinski definition) is 1. The zero-order valence-corrected chi connectivity index (χ0v) is 11.6. The molecule has 0 aliphatic carbocycles. The first-order chi connectivity index (χ1) is 10.3. The minimum absolute atomic E-state index is 0.134. The van der Waals surface area contributed by atoms with Crippen molar-refractivity contribution in [1.29, 1.82) is 0 Å². The quantitative estimate of drug-likeness (QED) is 0.858. The van der Waals surface area contributed by atoms with Crippen molar-refractivity contribution in [3.05, 3.63) is 48.0 Å². The number of rotatable bonds is 5. The number of ether oxygens (including phenoxy) is 1. The first-order valence-electron chi connectivity index (χ1n) is 6.40. The number of nitrogens with one attached hydrogen (secondary N) is 1. The van der Waals surface area contributed by atoms with Gasteiger partial charge in [0.2, 0.25) is 5.95 Å². The maximum absolute atomic E-state index is 12.7. The van der Waals surface area contributed by atoms with E-state index in [2.05, 4.69) is 15.3 Å². The number of aromatic nitrogens is 2. The Labute approximate surface area is 124 Å². The molecule has 0 aliphatic heterocycles. The molecule has 1 atom stereocenters. The largest absolute Gasteiger partial charge is 0.491 e. The van der Waals surface area contributed by atoms with Crippen LogP contribution in [0.15, 0.2) is 36.5 Å². The zero-order chi connectivity index (χ0) is 16.2. The van der Waals surface area contributed by atoms with Gasteiger partial charge in [0.15, 0.2) is 0 Å². The van der Waals surface area contributed by atoms with Gasteiger partial charge in [0, 0.05) is 6.20 Å². The molecule has 0 amide bonds. The monoisotopic (exact) mass is 315 g/mol. The Morgan fingerprint density at radius 1 is 1.18 bits per heavy atom. The van der Waals surface area contributed by atoms with Gasteiger partial charge in [-0.3, -0.25) is 0 Å². The number of halogens is 4. The highest BCUT2D eigenvalue weighted by atomic mass is 19.4. The highest BCUT2D eigenvalue weighted by Crippen LogP contribution is 2.27. The summed E-state index contributed by atoms with van der Waals surface area (Å²) in [5.41, 5.74) is -1.02. The minimum atomic E-state index is -4.52. The predicted octanol–water partition coefficient (Wildman–Crippen LogP) is 3.51. The summed E-state index contributed by atoms with van der Waals surface area (Å²) in [4.78, 5) is 7.13. The van der Waals surface area contributed by atoms with Crippen LogP contribution in [0.5, 0.6) is 5.75 Å². The maximum Gasteiger partial charge on any atom is 0.433 e. The van der Waals surface area contributed by atoms with E-state index < -0.39 is 11.9 Å². The van der Waals surface area contributed by atoms with Crippen LogP contribution < -0.4 is 10.1 Å². The molecule has 2 aromatic rings. The molecule has 0 aliphatic rings. The predicted molar refractivity (Wildman–Crippen MR) is 72.0 cm³/mol. The molecule has 0 spiro atoms. The summed E-state index contributed by atoms with van der Waals surface area (Å²) < 4.78 is 55.7. The van der Waals surface area contributed by atoms with Crippen LogP contribution in [0.25, 0.3) is 0 Å². The second kappa shape index (κ2) is 6.59. The second-order valence-electron chi connectivity index (χ2n) is 4.57. The summed E-state index contributed by atoms with van der Waals surface area (Å²) >= 11 is 0. The lowest BCUT2D eigenvalue weighted by Gasteiger charge is -2.15. The van der Waals surface area contributed by atoms with E-state index in [1.807, 2.05) is 0 Å². The van der Waals surface area contributed by atoms with Crippen LogP contribution in [0.1, 0.15) is 12.6 Å². The molecule has 1 aromatic carbocycles. The fraction of sp³-hybridized carbons (Fsp3) is 0.286. The van der Waals surface area contributed by atoms with Crippen molar-refractivity contribution < 1.29 is 22.3 Å². The third kappa shape index (κ3) is 4.57. The van der Waals surface area contributed by atoms with Crippen LogP contribution in [0.3, 0.4) is 0 Å². The van der Waals surface area contributed by atoms with Crippen molar-refractivity contribution in [2.75, 3.05) is 11.9 Å². The van der Waals surface area contributed by atoms with Gasteiger partial charge in [0.1, 0.15) is 23.9 Å². The molecule has 0 saturated heterocycles. The van der Waals surface area contributed by atoms with Crippen molar-refractivity contribution >= 4 is 5.95 Å². The SMILES string of the molecule is CC(COc1ccc(F)cc1)Nc1nccc(C(F)(F)F)n1. The van der Waals surface area contributed by atoms with Crippen LogP contribution in [-0.2, 0) is 6.18 Å². The number of hydrogen-bond acceptors (Lipinski definition) is 4. The molecule has 1 heterocycles. The summed E-state index contributed by atoms with van der Waals surface area (Å²) in [5.74, 6) is -0.0547. The van der Waals surface area contributed by atoms with Crippen molar-refractivity contribution in [2.45, 2.75) is 19.1 Å². The first-order valence-corrected chi connectivity index (χ1v) is 6.40. The van der Waals surface area contributed by atoms with Crippen molar-refractivity contribution in [1.82, 2.24) is 9.97 Å². The molecule has 0 radical (unpaired) electrons. The van der Waals surface area contributed by atoms with Gasteiger partial charge in [-0.25, -0.2) is 14.4 Å². The minimum Gasteiger partial charge on any atom is -0.491 e. The number of alkyl halides is 3. The molecule has 1 unspecified atom stereocenters. The zero-order valence-electron chi connectivity index (χ0n) is 11.6. The summed E-state index contributed by atoms with van der Waals surface area (Å²) in [6.07, 6.45) is -3.49. The van der Waals surface area contributed by atoms with E-state index in [1.165, 1.54) is 24.3 Å². The summed E-state index contributed by atoms with van der Waals surface area (Å²) in [6.45, 7) is 1.86. The van der Waals surface area contributed by atoms with Gasteiger partial charge in [0.25, 0.3) is 0 Å². The highest BCUT2D eigenvalue weighted by molar-refractivity contribution is 5.28. The molecular weight excluding hydrogens is 302 g/mol. The summed E-state index contributed by atoms with van der Waals surface area (Å²) in [7, 11) is 0. The molecular formula is C14H13F4N3O. The molecule has 0 fully saturated rings. The molecule has 4 nitrogen and oxygen atoms in total. The van der Waals surface area contributed by atoms with E-state index in [0.717, 1.165) is 12.3 Å². The van der Waals surface area contributed by atoms with Crippen LogP contribution in [0.4, 0.5) is 23.5 Å². The number of nitrogens with zero attached hydrogens (tertiary/aromatic N) is 2. The normalized spacial score (nSPS) is 12.8. The first kappa shape index (κ1) is 16.0. The van der Waals surface area contributed by atoms with E-state index >= 15 is 0 Å². The van der Waals surface area contributed by atoms with Gasteiger partial charge < -0.3 is 10.1 Å². The smallest absolute Gasteiger partial charge is 0.433 e. The molecule has 22 heavy (non-hydrogen) atoms. The Kier molecular flexibility index (Phi) is 4.79. The molecule has 118 valence electrons. The highest BCUT2D eigenvalue weighted by Gasteiger charge is 2.32. The van der Waals surface area contributed by atoms with Gasteiger partial charge in [-0.05, 0) is 37.3 Å². The fourth-order valence-electron chi connectivity index (χ4n) is 1.60. The lowest BCUT2D eigenvalue weighted by atomic mass is 10.3. The average Bonchev–Trinajstić information content (AvgIpc) is 2.46. The van der Waals surface area contributed by atoms with Crippen LogP contribution in [0, 0.1) is 5.82 Å². The van der Waals surface area contributed by atoms with Crippen LogP contribution in [-0.4, -0.2) is 22.6 Å². The summed E-state index contributed by atoms with van der Waals surface area (Å²) in [6, 6.07) is 5.89. The molecule has 8 heteroatoms. The third-order valence-electron chi connectivity index (χ3n) is 2.64. The van der Waals surface area contributed by atoms with Crippen molar-refractivity contribution in [3.63, 3.8) is 0 Å². The Morgan fingerprint density at radius 2 is 1.86 bits per heavy atom. The lowest BCUT2D eigenvalue weighted by Crippen LogP contribution is -2.25. The molecule has 1 aromatic heterocycles. The maximum atomic E-state index is 12.7. The fourth-order valence-corrected chi connectivity index (χ4v) is 1.60. The summed E-state index contributed by atoms with van der Waals surface area (Å²) in [5, 5.41) is 2.71. The van der Waals surface area contributed by atoms with Gasteiger partial charge in [-0.2, -0.15) is 13.2 Å². The standard InChI is InChI=1S/C14H13F4N3O/c1-9(8-22-11-4-2-10(15)3-5-11)20-13-19-7-6-12(21-13)14(16,17)18/h2-7,9H,8H2,1H3,(H,19,20,21). The van der Waals surface area contributed by atoms with Gasteiger partial charge in [-0.15, -0.1) is 0 Å². The number of anilines is 1.